The summed E-state index contributed by atoms with van der Waals surface area (Å²) in [5.41, 5.74) is 0.696. The molecule has 1 unspecified atom stereocenters. The molecule has 15 heavy (non-hydrogen) atoms. The molecule has 80 valence electrons. The van der Waals surface area contributed by atoms with E-state index < -0.39 is 0 Å². The maximum absolute atomic E-state index is 12.0. The lowest BCUT2D eigenvalue weighted by atomic mass is 9.97. The van der Waals surface area contributed by atoms with Crippen molar-refractivity contribution in [3.05, 3.63) is 33.3 Å². The van der Waals surface area contributed by atoms with E-state index in [0.29, 0.717) is 23.8 Å². The third-order valence-corrected chi connectivity index (χ3v) is 3.72. The molecule has 0 radical (unpaired) electrons. The van der Waals surface area contributed by atoms with Crippen LogP contribution in [0.15, 0.2) is 22.7 Å². The SMILES string of the molecule is O=C(c1ccc(Cl)c(Br)c1)C1CCOC1. The fourth-order valence-electron chi connectivity index (χ4n) is 1.63. The van der Waals surface area contributed by atoms with Gasteiger partial charge in [-0.1, -0.05) is 11.6 Å². The Labute approximate surface area is 102 Å². The third kappa shape index (κ3) is 2.41. The molecule has 1 heterocycles. The van der Waals surface area contributed by atoms with Gasteiger partial charge in [0, 0.05) is 22.6 Å². The number of ketones is 1. The van der Waals surface area contributed by atoms with Crippen LogP contribution in [0.3, 0.4) is 0 Å². The molecule has 1 aromatic carbocycles. The first-order chi connectivity index (χ1) is 7.18. The van der Waals surface area contributed by atoms with Crippen LogP contribution in [0.1, 0.15) is 16.8 Å². The average Bonchev–Trinajstić information content (AvgIpc) is 2.74. The Hall–Kier alpha value is -0.380. The van der Waals surface area contributed by atoms with Crippen molar-refractivity contribution in [1.29, 1.82) is 0 Å². The average molecular weight is 290 g/mol. The summed E-state index contributed by atoms with van der Waals surface area (Å²) in [5.74, 6) is 0.156. The van der Waals surface area contributed by atoms with Crippen molar-refractivity contribution in [3.63, 3.8) is 0 Å². The number of benzene rings is 1. The number of hydrogen-bond acceptors (Lipinski definition) is 2. The monoisotopic (exact) mass is 288 g/mol. The normalized spacial score (nSPS) is 20.5. The maximum Gasteiger partial charge on any atom is 0.168 e. The Bertz CT molecular complexity index is 386. The first kappa shape index (κ1) is 11.1. The van der Waals surface area contributed by atoms with E-state index in [2.05, 4.69) is 15.9 Å². The van der Waals surface area contributed by atoms with E-state index in [1.807, 2.05) is 0 Å². The van der Waals surface area contributed by atoms with E-state index in [0.717, 1.165) is 10.9 Å². The van der Waals surface area contributed by atoms with Crippen LogP contribution in [-0.4, -0.2) is 19.0 Å². The number of hydrogen-bond donors (Lipinski definition) is 0. The second-order valence-corrected chi connectivity index (χ2v) is 4.82. The lowest BCUT2D eigenvalue weighted by molar-refractivity contribution is 0.0900. The van der Waals surface area contributed by atoms with E-state index in [9.17, 15) is 4.79 Å². The van der Waals surface area contributed by atoms with E-state index in [1.54, 1.807) is 18.2 Å². The number of rotatable bonds is 2. The lowest BCUT2D eigenvalue weighted by Gasteiger charge is -2.07. The summed E-state index contributed by atoms with van der Waals surface area (Å²) in [6.45, 7) is 1.23. The molecule has 1 aromatic rings. The van der Waals surface area contributed by atoms with Crippen LogP contribution in [0.2, 0.25) is 5.02 Å². The van der Waals surface area contributed by atoms with Crippen molar-refractivity contribution >= 4 is 33.3 Å². The largest absolute Gasteiger partial charge is 0.381 e. The smallest absolute Gasteiger partial charge is 0.168 e. The van der Waals surface area contributed by atoms with Gasteiger partial charge < -0.3 is 4.74 Å². The Morgan fingerprint density at radius 3 is 2.93 bits per heavy atom. The minimum atomic E-state index is 0.0121. The van der Waals surface area contributed by atoms with Crippen molar-refractivity contribution in [2.45, 2.75) is 6.42 Å². The van der Waals surface area contributed by atoms with Gasteiger partial charge in [0.05, 0.1) is 11.6 Å². The highest BCUT2D eigenvalue weighted by atomic mass is 79.9. The summed E-state index contributed by atoms with van der Waals surface area (Å²) in [7, 11) is 0. The van der Waals surface area contributed by atoms with Gasteiger partial charge in [0.25, 0.3) is 0 Å². The summed E-state index contributed by atoms with van der Waals surface area (Å²) in [6.07, 6.45) is 0.819. The topological polar surface area (TPSA) is 26.3 Å². The van der Waals surface area contributed by atoms with Crippen LogP contribution in [0.25, 0.3) is 0 Å². The molecule has 0 amide bonds. The summed E-state index contributed by atoms with van der Waals surface area (Å²) < 4.78 is 5.95. The van der Waals surface area contributed by atoms with Gasteiger partial charge in [-0.05, 0) is 40.5 Å². The van der Waals surface area contributed by atoms with E-state index in [1.165, 1.54) is 0 Å². The van der Waals surface area contributed by atoms with Gasteiger partial charge in [-0.2, -0.15) is 0 Å². The van der Waals surface area contributed by atoms with Crippen LogP contribution in [-0.2, 0) is 4.74 Å². The quantitative estimate of drug-likeness (QED) is 0.781. The minimum Gasteiger partial charge on any atom is -0.381 e. The molecular formula is C11H10BrClO2. The zero-order chi connectivity index (χ0) is 10.8. The third-order valence-electron chi connectivity index (χ3n) is 2.50. The molecule has 0 saturated carbocycles. The highest BCUT2D eigenvalue weighted by Crippen LogP contribution is 2.26. The Morgan fingerprint density at radius 2 is 2.33 bits per heavy atom. The molecule has 1 aliphatic heterocycles. The van der Waals surface area contributed by atoms with Gasteiger partial charge in [-0.3, -0.25) is 4.79 Å². The highest BCUT2D eigenvalue weighted by molar-refractivity contribution is 9.10. The number of Topliss-reactive ketones (excluding diaryl/α,β-unsaturated/α-hetero) is 1. The predicted octanol–water partition coefficient (Wildman–Crippen LogP) is 3.32. The fraction of sp³-hybridized carbons (Fsp3) is 0.364. The molecule has 1 atom stereocenters. The van der Waals surface area contributed by atoms with E-state index in [4.69, 9.17) is 16.3 Å². The van der Waals surface area contributed by atoms with Crippen molar-refractivity contribution < 1.29 is 9.53 Å². The molecule has 0 bridgehead atoms. The van der Waals surface area contributed by atoms with Crippen molar-refractivity contribution in [2.75, 3.05) is 13.2 Å². The fourth-order valence-corrected chi connectivity index (χ4v) is 2.12. The van der Waals surface area contributed by atoms with E-state index >= 15 is 0 Å². The van der Waals surface area contributed by atoms with Gasteiger partial charge in [-0.25, -0.2) is 0 Å². The van der Waals surface area contributed by atoms with Crippen molar-refractivity contribution in [1.82, 2.24) is 0 Å². The molecular weight excluding hydrogens is 279 g/mol. The predicted molar refractivity (Wildman–Crippen MR) is 62.4 cm³/mol. The summed E-state index contributed by atoms with van der Waals surface area (Å²) in [5, 5.41) is 0.620. The number of carbonyl (C=O) groups is 1. The van der Waals surface area contributed by atoms with Gasteiger partial charge in [0.15, 0.2) is 5.78 Å². The van der Waals surface area contributed by atoms with Crippen LogP contribution < -0.4 is 0 Å². The summed E-state index contributed by atoms with van der Waals surface area (Å²) in [4.78, 5) is 12.0. The zero-order valence-corrected chi connectivity index (χ0v) is 10.3. The highest BCUT2D eigenvalue weighted by Gasteiger charge is 2.24. The number of carbonyl (C=O) groups excluding carboxylic acids is 1. The van der Waals surface area contributed by atoms with Crippen molar-refractivity contribution in [2.24, 2.45) is 5.92 Å². The molecule has 2 nitrogen and oxygen atoms in total. The molecule has 4 heteroatoms. The Kier molecular flexibility index (Phi) is 3.44. The minimum absolute atomic E-state index is 0.0121. The maximum atomic E-state index is 12.0. The molecule has 0 N–H and O–H groups in total. The number of ether oxygens (including phenoxy) is 1. The first-order valence-electron chi connectivity index (χ1n) is 4.75. The molecule has 0 spiro atoms. The van der Waals surface area contributed by atoms with Gasteiger partial charge in [0.2, 0.25) is 0 Å². The molecule has 1 saturated heterocycles. The Balaban J connectivity index is 2.21. The van der Waals surface area contributed by atoms with Gasteiger partial charge >= 0.3 is 0 Å². The second-order valence-electron chi connectivity index (χ2n) is 3.55. The summed E-state index contributed by atoms with van der Waals surface area (Å²) >= 11 is 9.17. The van der Waals surface area contributed by atoms with Crippen LogP contribution >= 0.6 is 27.5 Å². The first-order valence-corrected chi connectivity index (χ1v) is 5.92. The van der Waals surface area contributed by atoms with Crippen LogP contribution in [0, 0.1) is 5.92 Å². The molecule has 1 fully saturated rings. The zero-order valence-electron chi connectivity index (χ0n) is 8.00. The molecule has 2 rings (SSSR count). The molecule has 0 aromatic heterocycles. The lowest BCUT2D eigenvalue weighted by Crippen LogP contribution is -2.14. The van der Waals surface area contributed by atoms with Crippen molar-refractivity contribution in [3.8, 4) is 0 Å². The molecule has 1 aliphatic rings. The van der Waals surface area contributed by atoms with Gasteiger partial charge in [-0.15, -0.1) is 0 Å². The standard InChI is InChI=1S/C11H10BrClO2/c12-9-5-7(1-2-10(9)13)11(14)8-3-4-15-6-8/h1-2,5,8H,3-4,6H2. The van der Waals surface area contributed by atoms with Crippen LogP contribution in [0.4, 0.5) is 0 Å². The number of halogens is 2. The summed E-state index contributed by atoms with van der Waals surface area (Å²) in [6, 6.07) is 5.26. The van der Waals surface area contributed by atoms with Crippen LogP contribution in [0.5, 0.6) is 0 Å². The second kappa shape index (κ2) is 4.64. The van der Waals surface area contributed by atoms with Gasteiger partial charge in [0.1, 0.15) is 0 Å². The Morgan fingerprint density at radius 1 is 1.53 bits per heavy atom. The van der Waals surface area contributed by atoms with E-state index in [-0.39, 0.29) is 11.7 Å². The molecule has 0 aliphatic carbocycles.